The Morgan fingerprint density at radius 1 is 1.57 bits per heavy atom. The second-order valence-corrected chi connectivity index (χ2v) is 2.71. The fourth-order valence-electron chi connectivity index (χ4n) is 1.02. The van der Waals surface area contributed by atoms with E-state index in [2.05, 4.69) is 0 Å². The number of nitrogens with zero attached hydrogens (tertiary/aromatic N) is 1. The maximum atomic E-state index is 10.4. The highest BCUT2D eigenvalue weighted by molar-refractivity contribution is 5.73. The summed E-state index contributed by atoms with van der Waals surface area (Å²) in [6.07, 6.45) is -0.232. The van der Waals surface area contributed by atoms with Crippen LogP contribution in [0.1, 0.15) is 5.56 Å². The number of nitro benzene ring substituents is 1. The fourth-order valence-corrected chi connectivity index (χ4v) is 1.02. The summed E-state index contributed by atoms with van der Waals surface area (Å²) in [6.45, 7) is 0. The van der Waals surface area contributed by atoms with Gasteiger partial charge in [0.15, 0.2) is 0 Å². The Morgan fingerprint density at radius 3 is 2.64 bits per heavy atom. The number of benzene rings is 1. The molecule has 0 aromatic heterocycles. The number of hydrogen-bond donors (Lipinski definition) is 2. The van der Waals surface area contributed by atoms with E-state index in [1.54, 1.807) is 0 Å². The van der Waals surface area contributed by atoms with Gasteiger partial charge in [-0.1, -0.05) is 0 Å². The average Bonchev–Trinajstić information content (AvgIpc) is 2.07. The van der Waals surface area contributed by atoms with Crippen LogP contribution >= 0.6 is 0 Å². The normalized spacial score (nSPS) is 9.71. The number of nitro groups is 1. The predicted octanol–water partition coefficient (Wildman–Crippen LogP) is 0.804. The second-order valence-electron chi connectivity index (χ2n) is 2.71. The summed E-state index contributed by atoms with van der Waals surface area (Å²) in [5.41, 5.74) is 5.80. The van der Waals surface area contributed by atoms with Crippen LogP contribution in [-0.2, 0) is 11.2 Å². The molecule has 0 aliphatic heterocycles. The van der Waals surface area contributed by atoms with Crippen molar-refractivity contribution in [2.75, 3.05) is 5.73 Å². The molecule has 0 aliphatic carbocycles. The van der Waals surface area contributed by atoms with Crippen LogP contribution < -0.4 is 5.73 Å². The number of nitrogens with two attached hydrogens (primary N) is 1. The van der Waals surface area contributed by atoms with Gasteiger partial charge in [0.05, 0.1) is 11.3 Å². The van der Waals surface area contributed by atoms with E-state index in [4.69, 9.17) is 10.8 Å². The molecule has 3 N–H and O–H groups in total. The Balaban J connectivity index is 3.01. The van der Waals surface area contributed by atoms with Crippen LogP contribution in [0, 0.1) is 10.1 Å². The van der Waals surface area contributed by atoms with Gasteiger partial charge in [0.1, 0.15) is 0 Å². The number of nitrogen functional groups attached to an aromatic ring is 1. The van der Waals surface area contributed by atoms with Gasteiger partial charge in [0.2, 0.25) is 0 Å². The number of non-ortho nitro benzene ring substituents is 1. The molecule has 0 bridgehead atoms. The lowest BCUT2D eigenvalue weighted by Crippen LogP contribution is -2.04. The summed E-state index contributed by atoms with van der Waals surface area (Å²) in [5.74, 6) is -1.02. The first kappa shape index (κ1) is 9.97. The van der Waals surface area contributed by atoms with E-state index in [9.17, 15) is 14.9 Å². The molecule has 1 aromatic rings. The predicted molar refractivity (Wildman–Crippen MR) is 48.8 cm³/mol. The van der Waals surface area contributed by atoms with Gasteiger partial charge < -0.3 is 10.8 Å². The largest absolute Gasteiger partial charge is 0.481 e. The average molecular weight is 196 g/mol. The van der Waals surface area contributed by atoms with E-state index in [-0.39, 0.29) is 17.8 Å². The van der Waals surface area contributed by atoms with Gasteiger partial charge in [-0.05, 0) is 11.6 Å². The molecule has 0 amide bonds. The smallest absolute Gasteiger partial charge is 0.307 e. The second kappa shape index (κ2) is 3.73. The van der Waals surface area contributed by atoms with E-state index in [1.165, 1.54) is 12.1 Å². The minimum absolute atomic E-state index is 0.126. The number of carbonyl (C=O) groups is 1. The number of hydrogen-bond acceptors (Lipinski definition) is 4. The highest BCUT2D eigenvalue weighted by Crippen LogP contribution is 2.19. The molecule has 0 heterocycles. The van der Waals surface area contributed by atoms with Crippen molar-refractivity contribution < 1.29 is 14.8 Å². The van der Waals surface area contributed by atoms with Crippen LogP contribution in [0.4, 0.5) is 11.4 Å². The van der Waals surface area contributed by atoms with E-state index < -0.39 is 10.9 Å². The summed E-state index contributed by atoms with van der Waals surface area (Å²) in [6, 6.07) is 3.73. The fraction of sp³-hybridized carbons (Fsp3) is 0.125. The summed E-state index contributed by atoms with van der Waals surface area (Å²) >= 11 is 0. The molecule has 0 saturated carbocycles. The van der Waals surface area contributed by atoms with E-state index in [0.717, 1.165) is 6.07 Å². The Labute approximate surface area is 79.1 Å². The molecule has 0 spiro atoms. The van der Waals surface area contributed by atoms with Gasteiger partial charge in [-0.2, -0.15) is 0 Å². The van der Waals surface area contributed by atoms with Crippen molar-refractivity contribution in [3.63, 3.8) is 0 Å². The zero-order valence-corrected chi connectivity index (χ0v) is 7.14. The van der Waals surface area contributed by atoms with Crippen molar-refractivity contribution in [1.29, 1.82) is 0 Å². The Morgan fingerprint density at radius 2 is 2.21 bits per heavy atom. The van der Waals surface area contributed by atoms with Gasteiger partial charge in [0.25, 0.3) is 5.69 Å². The van der Waals surface area contributed by atoms with Crippen LogP contribution in [0.15, 0.2) is 18.2 Å². The topological polar surface area (TPSA) is 106 Å². The first-order valence-electron chi connectivity index (χ1n) is 3.75. The van der Waals surface area contributed by atoms with Crippen LogP contribution in [0.2, 0.25) is 0 Å². The number of carboxylic acid groups (broad SMARTS) is 1. The third kappa shape index (κ3) is 2.19. The van der Waals surface area contributed by atoms with Crippen molar-refractivity contribution in [1.82, 2.24) is 0 Å². The van der Waals surface area contributed by atoms with Crippen LogP contribution in [-0.4, -0.2) is 16.0 Å². The van der Waals surface area contributed by atoms with Crippen LogP contribution in [0.5, 0.6) is 0 Å². The van der Waals surface area contributed by atoms with Crippen LogP contribution in [0.3, 0.4) is 0 Å². The molecular formula is C8H8N2O4. The van der Waals surface area contributed by atoms with Crippen LogP contribution in [0.25, 0.3) is 0 Å². The molecule has 0 fully saturated rings. The molecule has 0 atom stereocenters. The molecule has 6 nitrogen and oxygen atoms in total. The maximum absolute atomic E-state index is 10.4. The minimum Gasteiger partial charge on any atom is -0.481 e. The number of aliphatic carboxylic acids is 1. The van der Waals surface area contributed by atoms with Crippen molar-refractivity contribution in [3.8, 4) is 0 Å². The van der Waals surface area contributed by atoms with E-state index in [1.807, 2.05) is 0 Å². The molecule has 0 aliphatic rings. The highest BCUT2D eigenvalue weighted by atomic mass is 16.6. The van der Waals surface area contributed by atoms with Gasteiger partial charge in [0, 0.05) is 17.8 Å². The first-order valence-corrected chi connectivity index (χ1v) is 3.75. The quantitative estimate of drug-likeness (QED) is 0.422. The molecule has 14 heavy (non-hydrogen) atoms. The third-order valence-electron chi connectivity index (χ3n) is 1.68. The number of rotatable bonds is 3. The van der Waals surface area contributed by atoms with Gasteiger partial charge in [-0.25, -0.2) is 0 Å². The monoisotopic (exact) mass is 196 g/mol. The van der Waals surface area contributed by atoms with Gasteiger partial charge >= 0.3 is 5.97 Å². The highest BCUT2D eigenvalue weighted by Gasteiger charge is 2.10. The van der Waals surface area contributed by atoms with Crippen molar-refractivity contribution in [3.05, 3.63) is 33.9 Å². The van der Waals surface area contributed by atoms with Crippen molar-refractivity contribution >= 4 is 17.3 Å². The lowest BCUT2D eigenvalue weighted by molar-refractivity contribution is -0.384. The summed E-state index contributed by atoms with van der Waals surface area (Å²) in [5, 5.41) is 18.8. The van der Waals surface area contributed by atoms with E-state index in [0.29, 0.717) is 5.56 Å². The third-order valence-corrected chi connectivity index (χ3v) is 1.68. The molecule has 1 aromatic carbocycles. The molecule has 74 valence electrons. The number of anilines is 1. The summed E-state index contributed by atoms with van der Waals surface area (Å²) in [4.78, 5) is 20.1. The molecule has 0 unspecified atom stereocenters. The lowest BCUT2D eigenvalue weighted by Gasteiger charge is -2.01. The zero-order valence-electron chi connectivity index (χ0n) is 7.14. The molecule has 6 heteroatoms. The van der Waals surface area contributed by atoms with Crippen molar-refractivity contribution in [2.45, 2.75) is 6.42 Å². The lowest BCUT2D eigenvalue weighted by atomic mass is 10.1. The van der Waals surface area contributed by atoms with Gasteiger partial charge in [-0.3, -0.25) is 14.9 Å². The van der Waals surface area contributed by atoms with E-state index >= 15 is 0 Å². The Bertz CT molecular complexity index is 389. The molecule has 0 saturated heterocycles. The summed E-state index contributed by atoms with van der Waals surface area (Å²) in [7, 11) is 0. The summed E-state index contributed by atoms with van der Waals surface area (Å²) < 4.78 is 0. The Hall–Kier alpha value is -2.11. The first-order chi connectivity index (χ1) is 6.50. The molecule has 1 rings (SSSR count). The molecular weight excluding hydrogens is 188 g/mol. The van der Waals surface area contributed by atoms with Crippen molar-refractivity contribution in [2.24, 2.45) is 0 Å². The zero-order chi connectivity index (χ0) is 10.7. The number of carboxylic acids is 1. The maximum Gasteiger partial charge on any atom is 0.307 e. The van der Waals surface area contributed by atoms with Gasteiger partial charge in [-0.15, -0.1) is 0 Å². The SMILES string of the molecule is Nc1cc([N+](=O)[O-])ccc1CC(=O)O. The molecule has 0 radical (unpaired) electrons. The minimum atomic E-state index is -1.02. The Kier molecular flexibility index (Phi) is 2.66. The standard InChI is InChI=1S/C8H8N2O4/c9-7-4-6(10(13)14)2-1-5(7)3-8(11)12/h1-2,4H,3,9H2,(H,11,12).